The van der Waals surface area contributed by atoms with Gasteiger partial charge in [-0.15, -0.1) is 10.2 Å². The first kappa shape index (κ1) is 13.8. The second kappa shape index (κ2) is 6.01. The standard InChI is InChI=1S/C12H17N5OS/c1-5-6-9-14-10(13-4)7(2)11(15-9)19-12-17-16-8(3)18-12/h5-6H2,1-4H3,(H,13,14,15). The Balaban J connectivity index is 2.34. The fourth-order valence-electron chi connectivity index (χ4n) is 1.62. The van der Waals surface area contributed by atoms with E-state index in [-0.39, 0.29) is 0 Å². The van der Waals surface area contributed by atoms with Gasteiger partial charge in [0.15, 0.2) is 0 Å². The van der Waals surface area contributed by atoms with E-state index in [9.17, 15) is 0 Å². The Morgan fingerprint density at radius 1 is 1.21 bits per heavy atom. The fourth-order valence-corrected chi connectivity index (χ4v) is 2.43. The molecule has 1 N–H and O–H groups in total. The molecule has 2 rings (SSSR count). The lowest BCUT2D eigenvalue weighted by molar-refractivity contribution is 0.429. The second-order valence-electron chi connectivity index (χ2n) is 4.11. The van der Waals surface area contributed by atoms with Crippen molar-refractivity contribution in [1.82, 2.24) is 20.2 Å². The molecule has 0 aliphatic carbocycles. The fraction of sp³-hybridized carbons (Fsp3) is 0.500. The van der Waals surface area contributed by atoms with Crippen LogP contribution >= 0.6 is 11.8 Å². The smallest absolute Gasteiger partial charge is 0.282 e. The van der Waals surface area contributed by atoms with Crippen LogP contribution in [0.25, 0.3) is 0 Å². The highest BCUT2D eigenvalue weighted by atomic mass is 32.2. The number of anilines is 1. The summed E-state index contributed by atoms with van der Waals surface area (Å²) >= 11 is 1.37. The normalized spacial score (nSPS) is 10.7. The number of aromatic nitrogens is 4. The maximum atomic E-state index is 5.38. The van der Waals surface area contributed by atoms with E-state index in [1.807, 2.05) is 14.0 Å². The third-order valence-corrected chi connectivity index (χ3v) is 3.48. The van der Waals surface area contributed by atoms with Gasteiger partial charge in [-0.05, 0) is 25.1 Å². The highest BCUT2D eigenvalue weighted by molar-refractivity contribution is 7.99. The minimum absolute atomic E-state index is 0.504. The summed E-state index contributed by atoms with van der Waals surface area (Å²) in [6.07, 6.45) is 1.86. The molecule has 0 saturated carbocycles. The number of hydrogen-bond donors (Lipinski definition) is 1. The molecule has 2 heterocycles. The zero-order chi connectivity index (χ0) is 13.8. The van der Waals surface area contributed by atoms with Gasteiger partial charge < -0.3 is 9.73 Å². The Labute approximate surface area is 116 Å². The molecule has 0 aromatic carbocycles. The van der Waals surface area contributed by atoms with Crippen molar-refractivity contribution < 1.29 is 4.42 Å². The van der Waals surface area contributed by atoms with E-state index < -0.39 is 0 Å². The zero-order valence-electron chi connectivity index (χ0n) is 11.5. The molecule has 102 valence electrons. The summed E-state index contributed by atoms with van der Waals surface area (Å²) < 4.78 is 5.38. The van der Waals surface area contributed by atoms with Gasteiger partial charge >= 0.3 is 0 Å². The average molecular weight is 279 g/mol. The molecule has 0 unspecified atom stereocenters. The maximum Gasteiger partial charge on any atom is 0.282 e. The van der Waals surface area contributed by atoms with Gasteiger partial charge in [-0.3, -0.25) is 0 Å². The third kappa shape index (κ3) is 3.23. The number of aryl methyl sites for hydroxylation is 2. The van der Waals surface area contributed by atoms with Gasteiger partial charge in [0.25, 0.3) is 5.22 Å². The van der Waals surface area contributed by atoms with E-state index in [1.165, 1.54) is 11.8 Å². The summed E-state index contributed by atoms with van der Waals surface area (Å²) in [5.41, 5.74) is 0.989. The molecule has 19 heavy (non-hydrogen) atoms. The Bertz CT molecular complexity index is 569. The minimum atomic E-state index is 0.504. The topological polar surface area (TPSA) is 76.7 Å². The van der Waals surface area contributed by atoms with E-state index in [1.54, 1.807) is 6.92 Å². The van der Waals surface area contributed by atoms with Gasteiger partial charge in [0, 0.05) is 26.0 Å². The number of nitrogens with zero attached hydrogens (tertiary/aromatic N) is 4. The second-order valence-corrected chi connectivity index (χ2v) is 5.05. The van der Waals surface area contributed by atoms with E-state index in [2.05, 4.69) is 32.4 Å². The molecule has 6 nitrogen and oxygen atoms in total. The van der Waals surface area contributed by atoms with Gasteiger partial charge in [-0.2, -0.15) is 0 Å². The molecule has 0 spiro atoms. The molecular formula is C12H17N5OS. The lowest BCUT2D eigenvalue weighted by Gasteiger charge is -2.10. The first-order chi connectivity index (χ1) is 9.13. The molecule has 0 bridgehead atoms. The Morgan fingerprint density at radius 2 is 2.00 bits per heavy atom. The van der Waals surface area contributed by atoms with Gasteiger partial charge in [0.1, 0.15) is 16.7 Å². The van der Waals surface area contributed by atoms with Crippen molar-refractivity contribution in [2.75, 3.05) is 12.4 Å². The van der Waals surface area contributed by atoms with Crippen molar-refractivity contribution in [2.24, 2.45) is 0 Å². The summed E-state index contributed by atoms with van der Waals surface area (Å²) in [7, 11) is 1.86. The molecular weight excluding hydrogens is 262 g/mol. The monoisotopic (exact) mass is 279 g/mol. The molecule has 0 amide bonds. The quantitative estimate of drug-likeness (QED) is 0.843. The van der Waals surface area contributed by atoms with Crippen LogP contribution in [0.15, 0.2) is 14.7 Å². The Kier molecular flexibility index (Phi) is 4.36. The van der Waals surface area contributed by atoms with E-state index in [0.29, 0.717) is 11.1 Å². The minimum Gasteiger partial charge on any atom is -0.416 e. The molecule has 0 aliphatic rings. The van der Waals surface area contributed by atoms with Crippen molar-refractivity contribution in [3.63, 3.8) is 0 Å². The molecule has 0 atom stereocenters. The lowest BCUT2D eigenvalue weighted by atomic mass is 10.3. The molecule has 0 aliphatic heterocycles. The van der Waals surface area contributed by atoms with Gasteiger partial charge in [0.05, 0.1) is 0 Å². The van der Waals surface area contributed by atoms with Crippen LogP contribution in [0.1, 0.15) is 30.6 Å². The van der Waals surface area contributed by atoms with Crippen molar-refractivity contribution in [3.8, 4) is 0 Å². The van der Waals surface area contributed by atoms with Gasteiger partial charge in [0.2, 0.25) is 5.89 Å². The molecule has 2 aromatic heterocycles. The van der Waals surface area contributed by atoms with Crippen LogP contribution in [-0.2, 0) is 6.42 Å². The van der Waals surface area contributed by atoms with Crippen LogP contribution in [0, 0.1) is 13.8 Å². The summed E-state index contributed by atoms with van der Waals surface area (Å²) in [6, 6.07) is 0. The van der Waals surface area contributed by atoms with Crippen molar-refractivity contribution in [1.29, 1.82) is 0 Å². The Morgan fingerprint density at radius 3 is 2.58 bits per heavy atom. The first-order valence-corrected chi connectivity index (χ1v) is 6.99. The molecule has 0 fully saturated rings. The van der Waals surface area contributed by atoms with Crippen LogP contribution in [0.4, 0.5) is 5.82 Å². The summed E-state index contributed by atoms with van der Waals surface area (Å²) in [5.74, 6) is 2.23. The van der Waals surface area contributed by atoms with E-state index in [0.717, 1.165) is 35.1 Å². The third-order valence-electron chi connectivity index (χ3n) is 2.55. The highest BCUT2D eigenvalue weighted by Crippen LogP contribution is 2.30. The zero-order valence-corrected chi connectivity index (χ0v) is 12.3. The van der Waals surface area contributed by atoms with Crippen LogP contribution < -0.4 is 5.32 Å². The highest BCUT2D eigenvalue weighted by Gasteiger charge is 2.14. The average Bonchev–Trinajstić information content (AvgIpc) is 2.79. The van der Waals surface area contributed by atoms with Gasteiger partial charge in [-0.1, -0.05) is 6.92 Å². The largest absolute Gasteiger partial charge is 0.416 e. The van der Waals surface area contributed by atoms with Crippen LogP contribution in [-0.4, -0.2) is 27.2 Å². The molecule has 0 saturated heterocycles. The summed E-state index contributed by atoms with van der Waals surface area (Å²) in [5, 5.41) is 12.2. The Hall–Kier alpha value is -1.63. The predicted molar refractivity (Wildman–Crippen MR) is 73.5 cm³/mol. The van der Waals surface area contributed by atoms with E-state index in [4.69, 9.17) is 4.42 Å². The van der Waals surface area contributed by atoms with Gasteiger partial charge in [-0.25, -0.2) is 9.97 Å². The SMILES string of the molecule is CCCc1nc(NC)c(C)c(Sc2nnc(C)o2)n1. The molecule has 0 radical (unpaired) electrons. The predicted octanol–water partition coefficient (Wildman–Crippen LogP) is 2.62. The maximum absolute atomic E-state index is 5.38. The molecule has 7 heteroatoms. The van der Waals surface area contributed by atoms with Crippen molar-refractivity contribution in [2.45, 2.75) is 43.9 Å². The first-order valence-electron chi connectivity index (χ1n) is 6.17. The van der Waals surface area contributed by atoms with Crippen LogP contribution in [0.3, 0.4) is 0 Å². The summed E-state index contributed by atoms with van der Waals surface area (Å²) in [6.45, 7) is 5.86. The summed E-state index contributed by atoms with van der Waals surface area (Å²) in [4.78, 5) is 9.05. The molecule has 2 aromatic rings. The lowest BCUT2D eigenvalue weighted by Crippen LogP contribution is -2.04. The number of hydrogen-bond acceptors (Lipinski definition) is 7. The van der Waals surface area contributed by atoms with Crippen LogP contribution in [0.5, 0.6) is 0 Å². The van der Waals surface area contributed by atoms with Crippen molar-refractivity contribution >= 4 is 17.6 Å². The number of nitrogens with one attached hydrogen (secondary N) is 1. The van der Waals surface area contributed by atoms with Crippen molar-refractivity contribution in [3.05, 3.63) is 17.3 Å². The number of rotatable bonds is 5. The van der Waals surface area contributed by atoms with E-state index >= 15 is 0 Å². The van der Waals surface area contributed by atoms with Crippen LogP contribution in [0.2, 0.25) is 0 Å².